The molecule has 1 heterocycles. The minimum absolute atomic E-state index is 0.0380. The molecule has 3 N–H and O–H groups in total. The van der Waals surface area contributed by atoms with Crippen LogP contribution in [0.1, 0.15) is 31.7 Å². The monoisotopic (exact) mass is 506 g/mol. The van der Waals surface area contributed by atoms with Gasteiger partial charge in [0.15, 0.2) is 10.9 Å². The number of rotatable bonds is 8. The van der Waals surface area contributed by atoms with Crippen molar-refractivity contribution in [3.63, 3.8) is 0 Å². The van der Waals surface area contributed by atoms with Gasteiger partial charge in [-0.3, -0.25) is 20.2 Å². The molecule has 186 valence electrons. The summed E-state index contributed by atoms with van der Waals surface area (Å²) in [5.74, 6) is -0.193. The largest absolute Gasteiger partial charge is 0.416 e. The van der Waals surface area contributed by atoms with Gasteiger partial charge in [0.05, 0.1) is 5.56 Å². The van der Waals surface area contributed by atoms with Crippen LogP contribution in [0, 0.1) is 0 Å². The average molecular weight is 507 g/mol. The van der Waals surface area contributed by atoms with E-state index in [4.69, 9.17) is 12.2 Å². The molecular formula is C23H25F3N6O2S. The number of aryl methyl sites for hydroxylation is 1. The zero-order valence-electron chi connectivity index (χ0n) is 18.9. The molecule has 0 saturated carbocycles. The fourth-order valence-electron chi connectivity index (χ4n) is 3.26. The fourth-order valence-corrected chi connectivity index (χ4v) is 3.42. The number of hydrogen-bond acceptors (Lipinski definition) is 4. The summed E-state index contributed by atoms with van der Waals surface area (Å²) in [5, 5.41) is 7.07. The Balaban J connectivity index is 1.64. The number of hydrazine groups is 1. The Bertz CT molecular complexity index is 1210. The number of carbonyl (C=O) groups excluding carboxylic acids is 1. The molecule has 0 aliphatic carbocycles. The van der Waals surface area contributed by atoms with E-state index in [-0.39, 0.29) is 11.7 Å². The van der Waals surface area contributed by atoms with Gasteiger partial charge in [-0.2, -0.15) is 13.2 Å². The van der Waals surface area contributed by atoms with Gasteiger partial charge in [-0.25, -0.2) is 9.48 Å². The van der Waals surface area contributed by atoms with Crippen molar-refractivity contribution in [3.05, 3.63) is 70.6 Å². The molecule has 1 amide bonds. The molecule has 0 bridgehead atoms. The highest BCUT2D eigenvalue weighted by molar-refractivity contribution is 7.80. The lowest BCUT2D eigenvalue weighted by atomic mass is 10.2. The van der Waals surface area contributed by atoms with E-state index in [0.29, 0.717) is 23.6 Å². The summed E-state index contributed by atoms with van der Waals surface area (Å²) in [6.07, 6.45) is -1.70. The maximum atomic E-state index is 12.9. The molecule has 0 unspecified atom stereocenters. The van der Waals surface area contributed by atoms with Crippen LogP contribution < -0.4 is 21.9 Å². The molecule has 8 nitrogen and oxygen atoms in total. The number of nitrogens with zero attached hydrogens (tertiary/aromatic N) is 3. The number of alkyl halides is 3. The Morgan fingerprint density at radius 2 is 1.71 bits per heavy atom. The highest BCUT2D eigenvalue weighted by Crippen LogP contribution is 2.29. The molecule has 0 aliphatic rings. The second-order valence-corrected chi connectivity index (χ2v) is 8.10. The number of aromatic nitrogens is 3. The standard InChI is InChI=1S/C23H25F3N6O2S/c1-2-3-7-14-32-22(34)31(20(30-32)16-8-5-4-6-9-16)15-19(33)28-29-21(35)27-18-12-10-17(11-13-18)23(24,25)26/h4-6,8-13H,2-3,7,14-15H2,1H3,(H,28,33)(H2,27,29,35). The second kappa shape index (κ2) is 11.6. The van der Waals surface area contributed by atoms with Crippen molar-refractivity contribution in [2.45, 2.75) is 45.5 Å². The molecular weight excluding hydrogens is 481 g/mol. The van der Waals surface area contributed by atoms with Gasteiger partial charge in [-0.1, -0.05) is 50.1 Å². The molecule has 12 heteroatoms. The Kier molecular flexibility index (Phi) is 8.63. The maximum absolute atomic E-state index is 12.9. The smallest absolute Gasteiger partial charge is 0.331 e. The third-order valence-corrected chi connectivity index (χ3v) is 5.22. The van der Waals surface area contributed by atoms with E-state index in [9.17, 15) is 22.8 Å². The molecule has 35 heavy (non-hydrogen) atoms. The van der Waals surface area contributed by atoms with Crippen molar-refractivity contribution >= 4 is 28.9 Å². The van der Waals surface area contributed by atoms with Crippen LogP contribution in [0.2, 0.25) is 0 Å². The first kappa shape index (κ1) is 25.9. The SMILES string of the molecule is CCCCCn1nc(-c2ccccc2)n(CC(=O)NNC(=S)Nc2ccc(C(F)(F)F)cc2)c1=O. The predicted molar refractivity (Wildman–Crippen MR) is 130 cm³/mol. The van der Waals surface area contributed by atoms with E-state index < -0.39 is 23.3 Å². The van der Waals surface area contributed by atoms with Crippen LogP contribution in [0.3, 0.4) is 0 Å². The molecule has 3 rings (SSSR count). The summed E-state index contributed by atoms with van der Waals surface area (Å²) in [7, 11) is 0. The third-order valence-electron chi connectivity index (χ3n) is 5.02. The number of halogens is 3. The molecule has 0 aliphatic heterocycles. The van der Waals surface area contributed by atoms with Gasteiger partial charge in [-0.05, 0) is 42.9 Å². The van der Waals surface area contributed by atoms with E-state index in [1.54, 1.807) is 12.1 Å². The number of thiocarbonyl (C=S) groups is 1. The lowest BCUT2D eigenvalue weighted by Gasteiger charge is -2.13. The lowest BCUT2D eigenvalue weighted by molar-refractivity contribution is -0.137. The van der Waals surface area contributed by atoms with Gasteiger partial charge in [0.1, 0.15) is 6.54 Å². The fraction of sp³-hybridized carbons (Fsp3) is 0.304. The molecule has 0 spiro atoms. The van der Waals surface area contributed by atoms with Gasteiger partial charge in [-0.15, -0.1) is 5.10 Å². The van der Waals surface area contributed by atoms with Crippen LogP contribution in [0.4, 0.5) is 18.9 Å². The van der Waals surface area contributed by atoms with Gasteiger partial charge in [0.2, 0.25) is 0 Å². The van der Waals surface area contributed by atoms with E-state index in [0.717, 1.165) is 31.4 Å². The van der Waals surface area contributed by atoms with Crippen LogP contribution >= 0.6 is 12.2 Å². The van der Waals surface area contributed by atoms with Crippen molar-refractivity contribution < 1.29 is 18.0 Å². The first-order chi connectivity index (χ1) is 16.7. The minimum Gasteiger partial charge on any atom is -0.331 e. The first-order valence-electron chi connectivity index (χ1n) is 10.9. The van der Waals surface area contributed by atoms with Gasteiger partial charge in [0, 0.05) is 17.8 Å². The zero-order chi connectivity index (χ0) is 25.4. The van der Waals surface area contributed by atoms with Gasteiger partial charge in [0.25, 0.3) is 5.91 Å². The number of anilines is 1. The molecule has 0 radical (unpaired) electrons. The van der Waals surface area contributed by atoms with Crippen LogP contribution in [-0.4, -0.2) is 25.4 Å². The van der Waals surface area contributed by atoms with Crippen molar-refractivity contribution in [2.75, 3.05) is 5.32 Å². The Morgan fingerprint density at radius 1 is 1.03 bits per heavy atom. The Hall–Kier alpha value is -3.67. The normalized spacial score (nSPS) is 11.2. The summed E-state index contributed by atoms with van der Waals surface area (Å²) in [6, 6.07) is 13.3. The van der Waals surface area contributed by atoms with Gasteiger partial charge < -0.3 is 5.32 Å². The van der Waals surface area contributed by atoms with Crippen molar-refractivity contribution in [3.8, 4) is 11.4 Å². The summed E-state index contributed by atoms with van der Waals surface area (Å²) < 4.78 is 40.7. The number of nitrogens with one attached hydrogen (secondary N) is 3. The van der Waals surface area contributed by atoms with E-state index in [2.05, 4.69) is 28.2 Å². The molecule has 2 aromatic carbocycles. The highest BCUT2D eigenvalue weighted by atomic mass is 32.1. The minimum atomic E-state index is -4.44. The van der Waals surface area contributed by atoms with Gasteiger partial charge >= 0.3 is 11.9 Å². The van der Waals surface area contributed by atoms with Crippen LogP contribution in [0.25, 0.3) is 11.4 Å². The van der Waals surface area contributed by atoms with Crippen molar-refractivity contribution in [1.82, 2.24) is 25.2 Å². The number of carbonyl (C=O) groups is 1. The highest BCUT2D eigenvalue weighted by Gasteiger charge is 2.30. The Labute approximate surface area is 205 Å². The van der Waals surface area contributed by atoms with E-state index in [1.807, 2.05) is 18.2 Å². The lowest BCUT2D eigenvalue weighted by Crippen LogP contribution is -2.46. The summed E-state index contributed by atoms with van der Waals surface area (Å²) in [4.78, 5) is 25.5. The average Bonchev–Trinajstić information content (AvgIpc) is 3.13. The predicted octanol–water partition coefficient (Wildman–Crippen LogP) is 3.94. The first-order valence-corrected chi connectivity index (χ1v) is 11.4. The van der Waals surface area contributed by atoms with E-state index in [1.165, 1.54) is 21.4 Å². The quantitative estimate of drug-likeness (QED) is 0.244. The number of hydrogen-bond donors (Lipinski definition) is 3. The molecule has 0 saturated heterocycles. The molecule has 0 atom stereocenters. The maximum Gasteiger partial charge on any atom is 0.416 e. The summed E-state index contributed by atoms with van der Waals surface area (Å²) in [6.45, 7) is 2.19. The summed E-state index contributed by atoms with van der Waals surface area (Å²) >= 11 is 5.07. The van der Waals surface area contributed by atoms with Crippen molar-refractivity contribution in [2.24, 2.45) is 0 Å². The number of unbranched alkanes of at least 4 members (excludes halogenated alkanes) is 2. The second-order valence-electron chi connectivity index (χ2n) is 7.69. The number of benzene rings is 2. The van der Waals surface area contributed by atoms with Crippen LogP contribution in [0.15, 0.2) is 59.4 Å². The number of amides is 1. The summed E-state index contributed by atoms with van der Waals surface area (Å²) in [5.41, 5.74) is 4.67. The third kappa shape index (κ3) is 7.15. The van der Waals surface area contributed by atoms with Crippen molar-refractivity contribution in [1.29, 1.82) is 0 Å². The molecule has 0 fully saturated rings. The molecule has 3 aromatic rings. The van der Waals surface area contributed by atoms with Crippen LogP contribution in [0.5, 0.6) is 0 Å². The Morgan fingerprint density at radius 3 is 2.34 bits per heavy atom. The topological polar surface area (TPSA) is 93.0 Å². The van der Waals surface area contributed by atoms with Crippen LogP contribution in [-0.2, 0) is 24.1 Å². The van der Waals surface area contributed by atoms with E-state index >= 15 is 0 Å². The molecule has 1 aromatic heterocycles. The zero-order valence-corrected chi connectivity index (χ0v) is 19.7.